The van der Waals surface area contributed by atoms with Crippen molar-refractivity contribution in [1.82, 2.24) is 18.8 Å². The summed E-state index contributed by atoms with van der Waals surface area (Å²) in [4.78, 5) is 35.5. The van der Waals surface area contributed by atoms with Crippen LogP contribution < -0.4 is 11.1 Å². The summed E-state index contributed by atoms with van der Waals surface area (Å²) >= 11 is 0.693. The number of nitrogens with zero attached hydrogens (tertiary/aromatic N) is 3. The summed E-state index contributed by atoms with van der Waals surface area (Å²) in [7, 11) is 0. The average Bonchev–Trinajstić information content (AvgIpc) is 3.47. The molecule has 3 heterocycles. The molecule has 6 nitrogen and oxygen atoms in total. The Morgan fingerprint density at radius 1 is 1.03 bits per heavy atom. The van der Waals surface area contributed by atoms with E-state index in [4.69, 9.17) is 0 Å². The first-order valence-corrected chi connectivity index (χ1v) is 13.0. The highest BCUT2D eigenvalue weighted by atomic mass is 32.1. The van der Waals surface area contributed by atoms with Gasteiger partial charge in [-0.15, -0.1) is 0 Å². The number of aromatic amines is 1. The van der Waals surface area contributed by atoms with Crippen LogP contribution in [-0.2, 0) is 13.1 Å². The van der Waals surface area contributed by atoms with E-state index in [0.29, 0.717) is 42.7 Å². The van der Waals surface area contributed by atoms with Gasteiger partial charge in [0.15, 0.2) is 0 Å². The number of alkyl halides is 3. The van der Waals surface area contributed by atoms with Crippen LogP contribution in [0.15, 0.2) is 76.3 Å². The van der Waals surface area contributed by atoms with Gasteiger partial charge in [0.05, 0.1) is 21.1 Å². The SMILES string of the molecule is O=c1[nH]c2cc(C3CCN(Cc4ccccc4)C3)ccc2nc1-c1cccc2c(=O)n(CC(F)(F)F)sc12. The maximum Gasteiger partial charge on any atom is 0.407 e. The second kappa shape index (κ2) is 9.52. The Hall–Kier alpha value is -3.76. The maximum absolute atomic E-state index is 13.1. The number of nitrogens with one attached hydrogen (secondary N) is 1. The van der Waals surface area contributed by atoms with Crippen molar-refractivity contribution in [2.45, 2.75) is 31.6 Å². The molecule has 1 N–H and O–H groups in total. The number of hydrogen-bond acceptors (Lipinski definition) is 5. The number of benzene rings is 3. The molecule has 2 aromatic heterocycles. The summed E-state index contributed by atoms with van der Waals surface area (Å²) in [5, 5.41) is 0.134. The smallest absolute Gasteiger partial charge is 0.319 e. The lowest BCUT2D eigenvalue weighted by atomic mass is 9.98. The topological polar surface area (TPSA) is 71.0 Å². The third-order valence-electron chi connectivity index (χ3n) is 6.96. The fraction of sp³-hybridized carbons (Fsp3) is 0.250. The lowest BCUT2D eigenvalue weighted by Gasteiger charge is -2.16. The van der Waals surface area contributed by atoms with Gasteiger partial charge in [-0.3, -0.25) is 18.4 Å². The number of likely N-dealkylation sites (tertiary alicyclic amines) is 1. The van der Waals surface area contributed by atoms with Crippen LogP contribution in [0.3, 0.4) is 0 Å². The van der Waals surface area contributed by atoms with Gasteiger partial charge >= 0.3 is 6.18 Å². The van der Waals surface area contributed by atoms with E-state index in [1.165, 1.54) is 11.6 Å². The Morgan fingerprint density at radius 3 is 2.63 bits per heavy atom. The highest BCUT2D eigenvalue weighted by Crippen LogP contribution is 2.32. The molecular weight excluding hydrogens is 513 g/mol. The lowest BCUT2D eigenvalue weighted by molar-refractivity contribution is -0.139. The van der Waals surface area contributed by atoms with Gasteiger partial charge < -0.3 is 4.98 Å². The molecule has 1 saturated heterocycles. The number of halogens is 3. The van der Waals surface area contributed by atoms with Crippen molar-refractivity contribution < 1.29 is 13.2 Å². The van der Waals surface area contributed by atoms with Crippen molar-refractivity contribution in [2.75, 3.05) is 13.1 Å². The Kier molecular flexibility index (Phi) is 6.16. The summed E-state index contributed by atoms with van der Waals surface area (Å²) < 4.78 is 39.8. The number of fused-ring (bicyclic) bond motifs is 2. The van der Waals surface area contributed by atoms with Gasteiger partial charge in [0.25, 0.3) is 11.1 Å². The van der Waals surface area contributed by atoms with Crippen molar-refractivity contribution in [3.63, 3.8) is 0 Å². The molecule has 1 fully saturated rings. The quantitative estimate of drug-likeness (QED) is 0.321. The molecule has 0 spiro atoms. The Bertz CT molecular complexity index is 1760. The highest BCUT2D eigenvalue weighted by Gasteiger charge is 2.30. The van der Waals surface area contributed by atoms with Gasteiger partial charge in [0.2, 0.25) is 0 Å². The number of rotatable bonds is 5. The van der Waals surface area contributed by atoms with E-state index in [9.17, 15) is 22.8 Å². The van der Waals surface area contributed by atoms with Crippen LogP contribution in [0.1, 0.15) is 23.5 Å². The molecule has 1 aliphatic heterocycles. The standard InChI is InChI=1S/C28H23F3N4O2S/c29-28(30,31)16-35-27(37)21-8-4-7-20(25(21)38-35)24-26(36)33-23-13-18(9-10-22(23)32-24)19-11-12-34(15-19)14-17-5-2-1-3-6-17/h1-10,13,19H,11-12,14-16H2,(H,33,36). The molecule has 10 heteroatoms. The summed E-state index contributed by atoms with van der Waals surface area (Å²) in [6.07, 6.45) is -3.51. The first-order valence-electron chi connectivity index (χ1n) is 12.3. The Balaban J connectivity index is 1.31. The number of aromatic nitrogens is 3. The van der Waals surface area contributed by atoms with E-state index >= 15 is 0 Å². The normalized spacial score (nSPS) is 16.6. The minimum absolute atomic E-state index is 0.0751. The summed E-state index contributed by atoms with van der Waals surface area (Å²) in [6.45, 7) is 1.44. The summed E-state index contributed by atoms with van der Waals surface area (Å²) in [5.41, 5.74) is 2.81. The van der Waals surface area contributed by atoms with Gasteiger partial charge in [0.1, 0.15) is 12.2 Å². The third-order valence-corrected chi connectivity index (χ3v) is 8.10. The molecule has 0 saturated carbocycles. The van der Waals surface area contributed by atoms with Crippen LogP contribution in [0.2, 0.25) is 0 Å². The molecule has 0 aliphatic carbocycles. The fourth-order valence-electron chi connectivity index (χ4n) is 5.17. The molecule has 194 valence electrons. The van der Waals surface area contributed by atoms with Crippen molar-refractivity contribution in [3.8, 4) is 11.3 Å². The van der Waals surface area contributed by atoms with Crippen LogP contribution in [-0.4, -0.2) is 38.1 Å². The fourth-order valence-corrected chi connectivity index (χ4v) is 6.30. The minimum atomic E-state index is -4.53. The second-order valence-electron chi connectivity index (χ2n) is 9.63. The Morgan fingerprint density at radius 2 is 1.84 bits per heavy atom. The van der Waals surface area contributed by atoms with Crippen LogP contribution in [0, 0.1) is 0 Å². The molecule has 3 aromatic carbocycles. The van der Waals surface area contributed by atoms with Gasteiger partial charge in [0, 0.05) is 18.7 Å². The molecule has 0 bridgehead atoms. The molecular formula is C28H23F3N4O2S. The van der Waals surface area contributed by atoms with E-state index < -0.39 is 23.8 Å². The largest absolute Gasteiger partial charge is 0.407 e. The van der Waals surface area contributed by atoms with E-state index in [-0.39, 0.29) is 11.1 Å². The van der Waals surface area contributed by atoms with E-state index in [1.54, 1.807) is 12.1 Å². The average molecular weight is 537 g/mol. The summed E-state index contributed by atoms with van der Waals surface area (Å²) in [5.74, 6) is 0.339. The van der Waals surface area contributed by atoms with Crippen molar-refractivity contribution in [3.05, 3.63) is 98.6 Å². The van der Waals surface area contributed by atoms with Crippen molar-refractivity contribution in [2.24, 2.45) is 0 Å². The van der Waals surface area contributed by atoms with Gasteiger partial charge in [-0.05, 0) is 48.2 Å². The second-order valence-corrected chi connectivity index (χ2v) is 10.7. The molecule has 0 radical (unpaired) electrons. The van der Waals surface area contributed by atoms with Gasteiger partial charge in [-0.1, -0.05) is 60.1 Å². The van der Waals surface area contributed by atoms with Crippen LogP contribution in [0.5, 0.6) is 0 Å². The van der Waals surface area contributed by atoms with Crippen molar-refractivity contribution >= 4 is 32.7 Å². The molecule has 0 amide bonds. The first kappa shape index (κ1) is 24.6. The van der Waals surface area contributed by atoms with E-state index in [0.717, 1.165) is 31.6 Å². The van der Waals surface area contributed by atoms with Gasteiger partial charge in [-0.25, -0.2) is 4.98 Å². The zero-order valence-electron chi connectivity index (χ0n) is 20.2. The van der Waals surface area contributed by atoms with E-state index in [1.807, 2.05) is 36.4 Å². The van der Waals surface area contributed by atoms with Crippen LogP contribution >= 0.6 is 11.5 Å². The molecule has 1 aliphatic rings. The zero-order chi connectivity index (χ0) is 26.4. The Labute approximate surface area is 219 Å². The van der Waals surface area contributed by atoms with Crippen LogP contribution in [0.4, 0.5) is 13.2 Å². The predicted octanol–water partition coefficient (Wildman–Crippen LogP) is 5.52. The number of H-pyrrole nitrogens is 1. The monoisotopic (exact) mass is 536 g/mol. The molecule has 6 rings (SSSR count). The minimum Gasteiger partial charge on any atom is -0.319 e. The first-order chi connectivity index (χ1) is 18.2. The molecule has 38 heavy (non-hydrogen) atoms. The number of hydrogen-bond donors (Lipinski definition) is 1. The zero-order valence-corrected chi connectivity index (χ0v) is 21.0. The predicted molar refractivity (Wildman–Crippen MR) is 143 cm³/mol. The molecule has 1 atom stereocenters. The maximum atomic E-state index is 13.1. The van der Waals surface area contributed by atoms with Gasteiger partial charge in [-0.2, -0.15) is 13.2 Å². The van der Waals surface area contributed by atoms with E-state index in [2.05, 4.69) is 27.0 Å². The third kappa shape index (κ3) is 4.77. The molecule has 1 unspecified atom stereocenters. The molecule has 5 aromatic rings. The van der Waals surface area contributed by atoms with Crippen LogP contribution in [0.25, 0.3) is 32.4 Å². The van der Waals surface area contributed by atoms with Crippen molar-refractivity contribution in [1.29, 1.82) is 0 Å². The highest BCUT2D eigenvalue weighted by molar-refractivity contribution is 7.14. The summed E-state index contributed by atoms with van der Waals surface area (Å²) in [6, 6.07) is 20.8. The lowest BCUT2D eigenvalue weighted by Crippen LogP contribution is -2.23.